The molecule has 1 aromatic rings. The highest BCUT2D eigenvalue weighted by Crippen LogP contribution is 2.29. The van der Waals surface area contributed by atoms with E-state index < -0.39 is 0 Å². The monoisotopic (exact) mass is 342 g/mol. The van der Waals surface area contributed by atoms with E-state index >= 15 is 0 Å². The fourth-order valence-corrected chi connectivity index (χ4v) is 3.27. The summed E-state index contributed by atoms with van der Waals surface area (Å²) in [7, 11) is 1.97. The molecule has 1 unspecified atom stereocenters. The Morgan fingerprint density at radius 2 is 1.95 bits per heavy atom. The molecule has 0 aromatic heterocycles. The number of hydrogen-bond acceptors (Lipinski definition) is 3. The summed E-state index contributed by atoms with van der Waals surface area (Å²) in [4.78, 5) is 2.30. The Morgan fingerprint density at radius 1 is 1.30 bits per heavy atom. The zero-order chi connectivity index (χ0) is 15.1. The molecular formula is C16H27BrN2O. The van der Waals surface area contributed by atoms with Crippen LogP contribution in [0, 0.1) is 0 Å². The lowest BCUT2D eigenvalue weighted by Crippen LogP contribution is -2.36. The highest BCUT2D eigenvalue weighted by molar-refractivity contribution is 9.10. The van der Waals surface area contributed by atoms with E-state index in [0.29, 0.717) is 18.6 Å². The average Bonchev–Trinajstić information content (AvgIpc) is 2.46. The number of aliphatic hydroxyl groups is 1. The number of nitrogens with one attached hydrogen (secondary N) is 1. The first-order valence-corrected chi connectivity index (χ1v) is 8.22. The van der Waals surface area contributed by atoms with E-state index in [1.807, 2.05) is 7.05 Å². The van der Waals surface area contributed by atoms with Crippen LogP contribution in [0.15, 0.2) is 22.7 Å². The van der Waals surface area contributed by atoms with Crippen molar-refractivity contribution in [2.45, 2.75) is 45.7 Å². The second-order valence-corrected chi connectivity index (χ2v) is 5.96. The van der Waals surface area contributed by atoms with Crippen molar-refractivity contribution >= 4 is 21.6 Å². The number of benzene rings is 1. The lowest BCUT2D eigenvalue weighted by molar-refractivity contribution is 0.296. The molecular weight excluding hydrogens is 316 g/mol. The smallest absolute Gasteiger partial charge is 0.0606 e. The van der Waals surface area contributed by atoms with E-state index in [0.717, 1.165) is 17.3 Å². The first-order chi connectivity index (χ1) is 9.58. The number of halogens is 1. The van der Waals surface area contributed by atoms with Gasteiger partial charge in [-0.2, -0.15) is 0 Å². The molecule has 2 N–H and O–H groups in total. The molecule has 0 aliphatic rings. The quantitative estimate of drug-likeness (QED) is 0.755. The van der Waals surface area contributed by atoms with E-state index in [9.17, 15) is 5.11 Å². The summed E-state index contributed by atoms with van der Waals surface area (Å²) in [6, 6.07) is 7.27. The topological polar surface area (TPSA) is 35.5 Å². The van der Waals surface area contributed by atoms with Crippen molar-refractivity contribution in [1.29, 1.82) is 0 Å². The van der Waals surface area contributed by atoms with Crippen molar-refractivity contribution in [2.24, 2.45) is 0 Å². The van der Waals surface area contributed by atoms with Gasteiger partial charge in [0, 0.05) is 28.8 Å². The minimum Gasteiger partial charge on any atom is -0.395 e. The highest BCUT2D eigenvalue weighted by Gasteiger charge is 2.17. The Balaban J connectivity index is 3.06. The van der Waals surface area contributed by atoms with Crippen LogP contribution < -0.4 is 10.2 Å². The molecule has 20 heavy (non-hydrogen) atoms. The predicted octanol–water partition coefficient (Wildman–Crippen LogP) is 3.72. The van der Waals surface area contributed by atoms with E-state index in [1.54, 1.807) is 0 Å². The van der Waals surface area contributed by atoms with Gasteiger partial charge in [0.2, 0.25) is 0 Å². The summed E-state index contributed by atoms with van der Waals surface area (Å²) in [6.07, 6.45) is 2.17. The van der Waals surface area contributed by atoms with Gasteiger partial charge in [-0.15, -0.1) is 0 Å². The first-order valence-electron chi connectivity index (χ1n) is 7.43. The number of rotatable bonds is 8. The van der Waals surface area contributed by atoms with Crippen molar-refractivity contribution in [2.75, 3.05) is 25.1 Å². The molecule has 0 aliphatic carbocycles. The fourth-order valence-electron chi connectivity index (χ4n) is 2.56. The lowest BCUT2D eigenvalue weighted by atomic mass is 10.1. The van der Waals surface area contributed by atoms with Gasteiger partial charge in [0.25, 0.3) is 0 Å². The van der Waals surface area contributed by atoms with Crippen LogP contribution in [0.5, 0.6) is 0 Å². The Labute approximate surface area is 131 Å². The molecule has 3 nitrogen and oxygen atoms in total. The van der Waals surface area contributed by atoms with Gasteiger partial charge in [-0.1, -0.05) is 35.8 Å². The van der Waals surface area contributed by atoms with E-state index in [4.69, 9.17) is 0 Å². The third kappa shape index (κ3) is 4.21. The fraction of sp³-hybridized carbons (Fsp3) is 0.625. The van der Waals surface area contributed by atoms with Gasteiger partial charge in [-0.05, 0) is 44.5 Å². The summed E-state index contributed by atoms with van der Waals surface area (Å²) >= 11 is 3.67. The van der Waals surface area contributed by atoms with Crippen molar-refractivity contribution < 1.29 is 5.11 Å². The normalized spacial score (nSPS) is 12.8. The largest absolute Gasteiger partial charge is 0.395 e. The van der Waals surface area contributed by atoms with Gasteiger partial charge in [0.15, 0.2) is 0 Å². The maximum absolute atomic E-state index is 9.32. The number of hydrogen-bond donors (Lipinski definition) is 2. The Hall–Kier alpha value is -0.580. The Bertz CT molecular complexity index is 407. The standard InChI is InChI=1S/C16H27BrN2O/c1-5-13(6-2)19(9-10-20)14-7-8-15(12(3)18-4)16(17)11-14/h7-8,11-13,18,20H,5-6,9-10H2,1-4H3. The Kier molecular flexibility index (Phi) is 7.56. The van der Waals surface area contributed by atoms with Gasteiger partial charge in [-0.25, -0.2) is 0 Å². The van der Waals surface area contributed by atoms with Crippen LogP contribution in [0.2, 0.25) is 0 Å². The van der Waals surface area contributed by atoms with Crippen molar-refractivity contribution in [3.8, 4) is 0 Å². The van der Waals surface area contributed by atoms with Crippen molar-refractivity contribution in [3.05, 3.63) is 28.2 Å². The van der Waals surface area contributed by atoms with Crippen LogP contribution in [0.25, 0.3) is 0 Å². The predicted molar refractivity (Wildman–Crippen MR) is 90.4 cm³/mol. The third-order valence-corrected chi connectivity index (χ3v) is 4.63. The minimum absolute atomic E-state index is 0.183. The number of anilines is 1. The lowest BCUT2D eigenvalue weighted by Gasteiger charge is -2.32. The van der Waals surface area contributed by atoms with Gasteiger partial charge < -0.3 is 15.3 Å². The molecule has 0 radical (unpaired) electrons. The van der Waals surface area contributed by atoms with Gasteiger partial charge in [0.1, 0.15) is 0 Å². The maximum atomic E-state index is 9.32. The second kappa shape index (κ2) is 8.65. The van der Waals surface area contributed by atoms with Crippen LogP contribution in [0.1, 0.15) is 45.2 Å². The molecule has 0 heterocycles. The highest BCUT2D eigenvalue weighted by atomic mass is 79.9. The van der Waals surface area contributed by atoms with E-state index in [-0.39, 0.29) is 6.61 Å². The van der Waals surface area contributed by atoms with Crippen LogP contribution in [0.4, 0.5) is 5.69 Å². The average molecular weight is 343 g/mol. The summed E-state index contributed by atoms with van der Waals surface area (Å²) in [5.74, 6) is 0. The molecule has 0 fully saturated rings. The number of aliphatic hydroxyl groups excluding tert-OH is 1. The molecule has 0 spiro atoms. The van der Waals surface area contributed by atoms with Gasteiger partial charge >= 0.3 is 0 Å². The Morgan fingerprint density at radius 3 is 2.40 bits per heavy atom. The molecule has 1 atom stereocenters. The molecule has 0 bridgehead atoms. The molecule has 0 saturated heterocycles. The third-order valence-electron chi connectivity index (χ3n) is 3.94. The molecule has 1 aromatic carbocycles. The summed E-state index contributed by atoms with van der Waals surface area (Å²) in [5, 5.41) is 12.6. The van der Waals surface area contributed by atoms with Gasteiger partial charge in [-0.3, -0.25) is 0 Å². The molecule has 0 aliphatic heterocycles. The zero-order valence-corrected chi connectivity index (χ0v) is 14.6. The molecule has 4 heteroatoms. The maximum Gasteiger partial charge on any atom is 0.0606 e. The van der Waals surface area contributed by atoms with Crippen LogP contribution >= 0.6 is 15.9 Å². The molecule has 1 rings (SSSR count). The van der Waals surface area contributed by atoms with Crippen LogP contribution in [-0.4, -0.2) is 31.3 Å². The molecule has 0 amide bonds. The summed E-state index contributed by atoms with van der Waals surface area (Å²) < 4.78 is 1.12. The van der Waals surface area contributed by atoms with E-state index in [1.165, 1.54) is 11.3 Å². The zero-order valence-electron chi connectivity index (χ0n) is 13.0. The molecule has 0 saturated carbocycles. The van der Waals surface area contributed by atoms with Gasteiger partial charge in [0.05, 0.1) is 6.61 Å². The van der Waals surface area contributed by atoms with Crippen molar-refractivity contribution in [3.63, 3.8) is 0 Å². The van der Waals surface area contributed by atoms with Crippen LogP contribution in [0.3, 0.4) is 0 Å². The number of nitrogens with zero attached hydrogens (tertiary/aromatic N) is 1. The SMILES string of the molecule is CCC(CC)N(CCO)c1ccc(C(C)NC)c(Br)c1. The van der Waals surface area contributed by atoms with E-state index in [2.05, 4.69) is 65.1 Å². The van der Waals surface area contributed by atoms with Crippen molar-refractivity contribution in [1.82, 2.24) is 5.32 Å². The minimum atomic E-state index is 0.183. The summed E-state index contributed by atoms with van der Waals surface area (Å²) in [5.41, 5.74) is 2.43. The summed E-state index contributed by atoms with van der Waals surface area (Å²) in [6.45, 7) is 7.41. The second-order valence-electron chi connectivity index (χ2n) is 5.10. The molecule has 114 valence electrons. The first kappa shape index (κ1) is 17.5. The van der Waals surface area contributed by atoms with Crippen LogP contribution in [-0.2, 0) is 0 Å².